The Balaban J connectivity index is 2.50. The molecular weight excluding hydrogens is 321 g/mol. The first-order valence-electron chi connectivity index (χ1n) is 5.21. The Kier molecular flexibility index (Phi) is 3.33. The van der Waals surface area contributed by atoms with Gasteiger partial charge in [0.05, 0.1) is 0 Å². The lowest BCUT2D eigenvalue weighted by atomic mass is 10.2. The fraction of sp³-hybridized carbons (Fsp3) is 0.364. The van der Waals surface area contributed by atoms with Crippen LogP contribution < -0.4 is 0 Å². The van der Waals surface area contributed by atoms with Crippen LogP contribution >= 0.6 is 27.5 Å². The average Bonchev–Trinajstić information content (AvgIpc) is 2.56. The molecule has 2 aromatic heterocycles. The van der Waals surface area contributed by atoms with Gasteiger partial charge in [0.25, 0.3) is 0 Å². The van der Waals surface area contributed by atoms with Crippen LogP contribution in [0.5, 0.6) is 0 Å². The number of aromatic nitrogens is 3. The molecule has 7 heteroatoms. The quantitative estimate of drug-likeness (QED) is 0.753. The minimum absolute atomic E-state index is 0.0836. The van der Waals surface area contributed by atoms with Crippen LogP contribution in [-0.4, -0.2) is 25.9 Å². The molecule has 0 bridgehead atoms. The Morgan fingerprint density at radius 1 is 1.50 bits per heavy atom. The van der Waals surface area contributed by atoms with Crippen molar-refractivity contribution in [3.8, 4) is 0 Å². The van der Waals surface area contributed by atoms with Crippen LogP contribution in [0.3, 0.4) is 0 Å². The van der Waals surface area contributed by atoms with Crippen LogP contribution in [0, 0.1) is 0 Å². The van der Waals surface area contributed by atoms with Gasteiger partial charge in [-0.3, -0.25) is 4.40 Å². The Hall–Kier alpha value is -1.14. The molecule has 2 aromatic rings. The highest BCUT2D eigenvalue weighted by molar-refractivity contribution is 9.10. The van der Waals surface area contributed by atoms with Gasteiger partial charge in [-0.2, -0.15) is 0 Å². The summed E-state index contributed by atoms with van der Waals surface area (Å²) in [5.41, 5.74) is -0.0326. The first-order valence-corrected chi connectivity index (χ1v) is 6.38. The number of esters is 1. The largest absolute Gasteiger partial charge is 0.455 e. The highest BCUT2D eigenvalue weighted by atomic mass is 79.9. The molecule has 18 heavy (non-hydrogen) atoms. The minimum atomic E-state index is -0.592. The van der Waals surface area contributed by atoms with E-state index in [4.69, 9.17) is 16.3 Å². The summed E-state index contributed by atoms with van der Waals surface area (Å²) in [4.78, 5) is 20.1. The summed E-state index contributed by atoms with van der Waals surface area (Å²) in [6.07, 6.45) is 3.19. The van der Waals surface area contributed by atoms with E-state index in [0.717, 1.165) is 0 Å². The third kappa shape index (κ3) is 2.49. The highest BCUT2D eigenvalue weighted by Gasteiger charge is 2.24. The summed E-state index contributed by atoms with van der Waals surface area (Å²) >= 11 is 9.35. The first-order chi connectivity index (χ1) is 8.29. The topological polar surface area (TPSA) is 56.5 Å². The molecule has 0 saturated heterocycles. The van der Waals surface area contributed by atoms with Gasteiger partial charge in [-0.15, -0.1) is 0 Å². The molecule has 96 valence electrons. The van der Waals surface area contributed by atoms with Crippen molar-refractivity contribution in [3.63, 3.8) is 0 Å². The normalized spacial score (nSPS) is 11.8. The second kappa shape index (κ2) is 4.51. The van der Waals surface area contributed by atoms with E-state index in [1.807, 2.05) is 0 Å². The molecule has 0 unspecified atom stereocenters. The molecule has 0 radical (unpaired) electrons. The summed E-state index contributed by atoms with van der Waals surface area (Å²) in [6, 6.07) is 0. The lowest BCUT2D eigenvalue weighted by Crippen LogP contribution is -2.24. The molecule has 0 aliphatic carbocycles. The standard InChI is InChI=1S/C11H11BrClN3O2/c1-11(2,3)18-10(17)6-8(13)16-5-4-14-7(12)9(16)15-6/h4-5H,1-3H3. The summed E-state index contributed by atoms with van der Waals surface area (Å²) in [7, 11) is 0. The fourth-order valence-electron chi connectivity index (χ4n) is 1.37. The van der Waals surface area contributed by atoms with Crippen molar-refractivity contribution in [2.45, 2.75) is 26.4 Å². The Bertz CT molecular complexity index is 619. The molecule has 0 amide bonds. The second-order valence-corrected chi connectivity index (χ2v) is 5.77. The number of fused-ring (bicyclic) bond motifs is 1. The maximum Gasteiger partial charge on any atom is 0.360 e. The molecule has 2 rings (SSSR count). The molecule has 0 atom stereocenters. The number of imidazole rings is 1. The molecule has 0 aliphatic rings. The zero-order valence-corrected chi connectivity index (χ0v) is 12.4. The second-order valence-electron chi connectivity index (χ2n) is 4.66. The first kappa shape index (κ1) is 13.3. The van der Waals surface area contributed by atoms with Crippen LogP contribution in [0.4, 0.5) is 0 Å². The Morgan fingerprint density at radius 3 is 2.72 bits per heavy atom. The molecule has 0 saturated carbocycles. The van der Waals surface area contributed by atoms with Gasteiger partial charge in [0.2, 0.25) is 0 Å². The number of rotatable bonds is 1. The third-order valence-corrected chi connectivity index (χ3v) is 2.95. The van der Waals surface area contributed by atoms with E-state index in [1.54, 1.807) is 37.6 Å². The number of hydrogen-bond acceptors (Lipinski definition) is 4. The molecule has 0 N–H and O–H groups in total. The zero-order valence-electron chi connectivity index (χ0n) is 10.1. The van der Waals surface area contributed by atoms with E-state index in [0.29, 0.717) is 10.3 Å². The number of carbonyl (C=O) groups excluding carboxylic acids is 1. The van der Waals surface area contributed by atoms with E-state index in [2.05, 4.69) is 25.9 Å². The van der Waals surface area contributed by atoms with Crippen molar-refractivity contribution >= 4 is 39.1 Å². The molecule has 2 heterocycles. The lowest BCUT2D eigenvalue weighted by Gasteiger charge is -2.18. The van der Waals surface area contributed by atoms with Gasteiger partial charge in [-0.05, 0) is 36.7 Å². The van der Waals surface area contributed by atoms with Crippen molar-refractivity contribution in [2.24, 2.45) is 0 Å². The van der Waals surface area contributed by atoms with Gasteiger partial charge in [-0.1, -0.05) is 11.6 Å². The SMILES string of the molecule is CC(C)(C)OC(=O)c1nc2c(Br)nccn2c1Cl. The highest BCUT2D eigenvalue weighted by Crippen LogP contribution is 2.24. The van der Waals surface area contributed by atoms with Crippen LogP contribution in [0.15, 0.2) is 17.0 Å². The summed E-state index contributed by atoms with van der Waals surface area (Å²) < 4.78 is 7.32. The van der Waals surface area contributed by atoms with E-state index in [9.17, 15) is 4.79 Å². The monoisotopic (exact) mass is 331 g/mol. The minimum Gasteiger partial charge on any atom is -0.455 e. The summed E-state index contributed by atoms with van der Waals surface area (Å²) in [6.45, 7) is 5.35. The van der Waals surface area contributed by atoms with E-state index < -0.39 is 11.6 Å². The van der Waals surface area contributed by atoms with E-state index in [-0.39, 0.29) is 10.8 Å². The molecular formula is C11H11BrClN3O2. The molecule has 5 nitrogen and oxygen atoms in total. The van der Waals surface area contributed by atoms with Gasteiger partial charge in [0, 0.05) is 12.4 Å². The predicted molar refractivity (Wildman–Crippen MR) is 70.9 cm³/mol. The van der Waals surface area contributed by atoms with Crippen molar-refractivity contribution < 1.29 is 9.53 Å². The number of carbonyl (C=O) groups is 1. The van der Waals surface area contributed by atoms with Gasteiger partial charge in [-0.25, -0.2) is 14.8 Å². The van der Waals surface area contributed by atoms with E-state index >= 15 is 0 Å². The van der Waals surface area contributed by atoms with Gasteiger partial charge in [0.15, 0.2) is 11.3 Å². The lowest BCUT2D eigenvalue weighted by molar-refractivity contribution is 0.00638. The van der Waals surface area contributed by atoms with Crippen LogP contribution in [0.2, 0.25) is 5.15 Å². The maximum absolute atomic E-state index is 11.9. The van der Waals surface area contributed by atoms with Crippen LogP contribution in [-0.2, 0) is 4.74 Å². The van der Waals surface area contributed by atoms with Gasteiger partial charge >= 0.3 is 5.97 Å². The third-order valence-electron chi connectivity index (χ3n) is 2.03. The Labute approximate surface area is 117 Å². The molecule has 0 aromatic carbocycles. The predicted octanol–water partition coefficient (Wildman–Crippen LogP) is 3.10. The summed E-state index contributed by atoms with van der Waals surface area (Å²) in [5, 5.41) is 0.211. The van der Waals surface area contributed by atoms with Gasteiger partial charge < -0.3 is 4.74 Å². The number of ether oxygens (including phenoxy) is 1. The smallest absolute Gasteiger partial charge is 0.360 e. The van der Waals surface area contributed by atoms with Crippen LogP contribution in [0.25, 0.3) is 5.65 Å². The van der Waals surface area contributed by atoms with Crippen molar-refractivity contribution in [1.29, 1.82) is 0 Å². The van der Waals surface area contributed by atoms with Crippen LogP contribution in [0.1, 0.15) is 31.3 Å². The molecule has 0 aliphatic heterocycles. The maximum atomic E-state index is 11.9. The fourth-order valence-corrected chi connectivity index (χ4v) is 2.03. The van der Waals surface area contributed by atoms with Crippen molar-refractivity contribution in [1.82, 2.24) is 14.4 Å². The van der Waals surface area contributed by atoms with Gasteiger partial charge in [0.1, 0.15) is 15.4 Å². The molecule has 0 fully saturated rings. The molecule has 0 spiro atoms. The average molecular weight is 333 g/mol. The van der Waals surface area contributed by atoms with Crippen molar-refractivity contribution in [2.75, 3.05) is 0 Å². The summed E-state index contributed by atoms with van der Waals surface area (Å²) in [5.74, 6) is -0.553. The number of hydrogen-bond donors (Lipinski definition) is 0. The zero-order chi connectivity index (χ0) is 13.5. The van der Waals surface area contributed by atoms with Crippen molar-refractivity contribution in [3.05, 3.63) is 27.8 Å². The van der Waals surface area contributed by atoms with E-state index in [1.165, 1.54) is 0 Å². The number of halogens is 2. The Morgan fingerprint density at radius 2 is 2.17 bits per heavy atom. The number of nitrogens with zero attached hydrogens (tertiary/aromatic N) is 3.